The fourth-order valence-corrected chi connectivity index (χ4v) is 2.14. The van der Waals surface area contributed by atoms with E-state index < -0.39 is 0 Å². The van der Waals surface area contributed by atoms with E-state index >= 15 is 0 Å². The molecule has 0 amide bonds. The number of nitrogens with zero attached hydrogens (tertiary/aromatic N) is 2. The highest BCUT2D eigenvalue weighted by Crippen LogP contribution is 2.11. The molecule has 0 unspecified atom stereocenters. The molecule has 1 aromatic rings. The predicted octanol–water partition coefficient (Wildman–Crippen LogP) is 2.72. The zero-order valence-corrected chi connectivity index (χ0v) is 16.9. The molecule has 5 nitrogen and oxygen atoms in total. The maximum Gasteiger partial charge on any atom is 0.190 e. The van der Waals surface area contributed by atoms with Gasteiger partial charge in [0.1, 0.15) is 0 Å². The average Bonchev–Trinajstić information content (AvgIpc) is 2.57. The number of nitrogens with one attached hydrogen (secondary N) is 2. The lowest BCUT2D eigenvalue weighted by Gasteiger charge is -2.19. The third-order valence-corrected chi connectivity index (χ3v) is 3.45. The van der Waals surface area contributed by atoms with E-state index in [1.54, 1.807) is 14.2 Å². The van der Waals surface area contributed by atoms with Crippen LogP contribution in [0.5, 0.6) is 0 Å². The molecular weight excluding hydrogens is 403 g/mol. The molecule has 0 aliphatic carbocycles. The topological polar surface area (TPSA) is 48.9 Å². The molecule has 1 aromatic carbocycles. The first-order valence-corrected chi connectivity index (χ1v) is 7.97. The van der Waals surface area contributed by atoms with Gasteiger partial charge in [-0.2, -0.15) is 0 Å². The van der Waals surface area contributed by atoms with Crippen LogP contribution < -0.4 is 15.5 Å². The Morgan fingerprint density at radius 3 is 2.35 bits per heavy atom. The number of para-hydroxylation sites is 1. The second-order valence-corrected chi connectivity index (χ2v) is 5.24. The zero-order valence-electron chi connectivity index (χ0n) is 14.5. The Labute approximate surface area is 157 Å². The van der Waals surface area contributed by atoms with Crippen LogP contribution in [0.1, 0.15) is 19.3 Å². The summed E-state index contributed by atoms with van der Waals surface area (Å²) < 4.78 is 5.02. The number of halogens is 1. The molecule has 0 saturated heterocycles. The van der Waals surface area contributed by atoms with Gasteiger partial charge in [-0.05, 0) is 31.4 Å². The highest BCUT2D eigenvalue weighted by molar-refractivity contribution is 14.0. The van der Waals surface area contributed by atoms with E-state index in [1.165, 1.54) is 5.69 Å². The van der Waals surface area contributed by atoms with Gasteiger partial charge >= 0.3 is 0 Å². The fraction of sp³-hybridized carbons (Fsp3) is 0.588. The smallest absolute Gasteiger partial charge is 0.190 e. The van der Waals surface area contributed by atoms with Gasteiger partial charge in [-0.25, -0.2) is 0 Å². The molecule has 0 aliphatic rings. The summed E-state index contributed by atoms with van der Waals surface area (Å²) in [5.74, 6) is 0.868. The minimum absolute atomic E-state index is 0. The van der Waals surface area contributed by atoms with Crippen LogP contribution in [0.4, 0.5) is 5.69 Å². The van der Waals surface area contributed by atoms with Gasteiger partial charge in [0, 0.05) is 53.1 Å². The summed E-state index contributed by atoms with van der Waals surface area (Å²) in [4.78, 5) is 6.50. The quantitative estimate of drug-likeness (QED) is 0.257. The van der Waals surface area contributed by atoms with Crippen LogP contribution in [0.3, 0.4) is 0 Å². The third-order valence-electron chi connectivity index (χ3n) is 3.45. The summed E-state index contributed by atoms with van der Waals surface area (Å²) in [7, 11) is 5.66. The van der Waals surface area contributed by atoms with E-state index in [-0.39, 0.29) is 24.0 Å². The number of rotatable bonds is 10. The summed E-state index contributed by atoms with van der Waals surface area (Å²) in [6.45, 7) is 3.65. The van der Waals surface area contributed by atoms with Crippen molar-refractivity contribution in [3.63, 3.8) is 0 Å². The first-order valence-electron chi connectivity index (χ1n) is 7.97. The molecule has 6 heteroatoms. The molecule has 0 radical (unpaired) electrons. The van der Waals surface area contributed by atoms with Crippen molar-refractivity contribution in [2.45, 2.75) is 19.3 Å². The number of guanidine groups is 1. The Morgan fingerprint density at radius 2 is 1.74 bits per heavy atom. The van der Waals surface area contributed by atoms with Gasteiger partial charge in [-0.3, -0.25) is 4.99 Å². The van der Waals surface area contributed by atoms with E-state index in [1.807, 2.05) is 6.07 Å². The van der Waals surface area contributed by atoms with Crippen molar-refractivity contribution in [1.82, 2.24) is 10.6 Å². The lowest BCUT2D eigenvalue weighted by molar-refractivity contribution is 0.195. The maximum atomic E-state index is 5.02. The molecule has 0 heterocycles. The van der Waals surface area contributed by atoms with Gasteiger partial charge < -0.3 is 20.3 Å². The summed E-state index contributed by atoms with van der Waals surface area (Å²) in [5, 5.41) is 6.62. The van der Waals surface area contributed by atoms with E-state index in [9.17, 15) is 0 Å². The molecule has 0 aliphatic heterocycles. The van der Waals surface area contributed by atoms with E-state index in [0.29, 0.717) is 0 Å². The first-order chi connectivity index (χ1) is 10.8. The standard InChI is InChI=1S/C17H30N4O.HI/c1-18-17(20-13-9-15-22-3)19-12-7-8-14-21(2)16-10-5-4-6-11-16;/h4-6,10-11H,7-9,12-15H2,1-3H3,(H2,18,19,20);1H. The van der Waals surface area contributed by atoms with Crippen molar-refractivity contribution in [3.8, 4) is 0 Å². The Kier molecular flexibility index (Phi) is 13.9. The summed E-state index contributed by atoms with van der Waals surface area (Å²) >= 11 is 0. The van der Waals surface area contributed by atoms with Crippen LogP contribution in [-0.2, 0) is 4.74 Å². The maximum absolute atomic E-state index is 5.02. The predicted molar refractivity (Wildman–Crippen MR) is 110 cm³/mol. The second kappa shape index (κ2) is 14.6. The number of unbranched alkanes of at least 4 members (excludes halogenated alkanes) is 1. The second-order valence-electron chi connectivity index (χ2n) is 5.24. The Hall–Kier alpha value is -1.02. The molecule has 0 bridgehead atoms. The van der Waals surface area contributed by atoms with Crippen LogP contribution in [0, 0.1) is 0 Å². The number of ether oxygens (including phenoxy) is 1. The molecule has 0 aromatic heterocycles. The van der Waals surface area contributed by atoms with E-state index in [4.69, 9.17) is 4.74 Å². The molecule has 1 rings (SSSR count). The molecule has 0 atom stereocenters. The summed E-state index contributed by atoms with van der Waals surface area (Å²) in [6, 6.07) is 10.5. The van der Waals surface area contributed by atoms with Gasteiger partial charge in [0.15, 0.2) is 5.96 Å². The molecule has 23 heavy (non-hydrogen) atoms. The first kappa shape index (κ1) is 22.0. The SMILES string of the molecule is CN=C(NCCCCN(C)c1ccccc1)NCCCOC.I. The number of benzene rings is 1. The molecule has 0 fully saturated rings. The van der Waals surface area contributed by atoms with Crippen LogP contribution in [0.2, 0.25) is 0 Å². The Balaban J connectivity index is 0.00000484. The van der Waals surface area contributed by atoms with Gasteiger partial charge in [0.2, 0.25) is 0 Å². The number of hydrogen-bond donors (Lipinski definition) is 2. The monoisotopic (exact) mass is 434 g/mol. The average molecular weight is 434 g/mol. The molecule has 0 spiro atoms. The summed E-state index contributed by atoms with van der Waals surface area (Å²) in [6.07, 6.45) is 3.26. The highest BCUT2D eigenvalue weighted by Gasteiger charge is 2.00. The van der Waals surface area contributed by atoms with Crippen molar-refractivity contribution in [1.29, 1.82) is 0 Å². The van der Waals surface area contributed by atoms with Crippen LogP contribution in [0.15, 0.2) is 35.3 Å². The van der Waals surface area contributed by atoms with Crippen LogP contribution >= 0.6 is 24.0 Å². The van der Waals surface area contributed by atoms with Crippen molar-refractivity contribution in [2.75, 3.05) is 52.3 Å². The minimum atomic E-state index is 0. The minimum Gasteiger partial charge on any atom is -0.385 e. The molecule has 2 N–H and O–H groups in total. The van der Waals surface area contributed by atoms with Crippen molar-refractivity contribution in [2.24, 2.45) is 4.99 Å². The van der Waals surface area contributed by atoms with Crippen LogP contribution in [-0.4, -0.2) is 53.4 Å². The Morgan fingerprint density at radius 1 is 1.09 bits per heavy atom. The van der Waals surface area contributed by atoms with E-state index in [2.05, 4.69) is 51.8 Å². The lowest BCUT2D eigenvalue weighted by atomic mass is 10.2. The molecule has 0 saturated carbocycles. The molecule has 132 valence electrons. The van der Waals surface area contributed by atoms with Gasteiger partial charge in [-0.15, -0.1) is 24.0 Å². The van der Waals surface area contributed by atoms with E-state index in [0.717, 1.165) is 51.5 Å². The summed E-state index contributed by atoms with van der Waals surface area (Å²) in [5.41, 5.74) is 1.27. The number of aliphatic imine (C=N–C) groups is 1. The highest BCUT2D eigenvalue weighted by atomic mass is 127. The van der Waals surface area contributed by atoms with Gasteiger partial charge in [-0.1, -0.05) is 18.2 Å². The van der Waals surface area contributed by atoms with Crippen molar-refractivity contribution < 1.29 is 4.74 Å². The number of methoxy groups -OCH3 is 1. The number of hydrogen-bond acceptors (Lipinski definition) is 3. The fourth-order valence-electron chi connectivity index (χ4n) is 2.14. The zero-order chi connectivity index (χ0) is 16.0. The lowest BCUT2D eigenvalue weighted by Crippen LogP contribution is -2.38. The van der Waals surface area contributed by atoms with Gasteiger partial charge in [0.05, 0.1) is 0 Å². The van der Waals surface area contributed by atoms with Gasteiger partial charge in [0.25, 0.3) is 0 Å². The largest absolute Gasteiger partial charge is 0.385 e. The molecular formula is C17H31IN4O. The van der Waals surface area contributed by atoms with Crippen molar-refractivity contribution in [3.05, 3.63) is 30.3 Å². The Bertz CT molecular complexity index is 414. The third kappa shape index (κ3) is 10.4. The van der Waals surface area contributed by atoms with Crippen LogP contribution in [0.25, 0.3) is 0 Å². The normalized spacial score (nSPS) is 10.8. The number of anilines is 1. The van der Waals surface area contributed by atoms with Crippen molar-refractivity contribution >= 4 is 35.6 Å².